The molecule has 1 aliphatic rings. The second-order valence-corrected chi connectivity index (χ2v) is 8.49. The van der Waals surface area contributed by atoms with Crippen LogP contribution < -0.4 is 0 Å². The number of carbonyl (C=O) groups is 2. The molecule has 0 radical (unpaired) electrons. The van der Waals surface area contributed by atoms with Gasteiger partial charge in [-0.15, -0.1) is 0 Å². The summed E-state index contributed by atoms with van der Waals surface area (Å²) in [4.78, 5) is 26.8. The van der Waals surface area contributed by atoms with Crippen molar-refractivity contribution in [3.8, 4) is 0 Å². The van der Waals surface area contributed by atoms with E-state index in [1.807, 2.05) is 0 Å². The number of fused-ring (bicyclic) bond motifs is 1. The molecule has 0 fully saturated rings. The van der Waals surface area contributed by atoms with Crippen LogP contribution in [0.15, 0.2) is 24.3 Å². The van der Waals surface area contributed by atoms with Gasteiger partial charge in [0.1, 0.15) is 0 Å². The van der Waals surface area contributed by atoms with Crippen LogP contribution in [0.1, 0.15) is 55.3 Å². The number of carbonyl (C=O) groups excluding carboxylic acids is 2. The summed E-state index contributed by atoms with van der Waals surface area (Å²) in [5.74, 6) is -0.957. The highest BCUT2D eigenvalue weighted by molar-refractivity contribution is 7.53. The van der Waals surface area contributed by atoms with Crippen LogP contribution in [0.2, 0.25) is 0 Å². The third-order valence-corrected chi connectivity index (χ3v) is 6.17. The zero-order chi connectivity index (χ0) is 19.5. The number of rotatable bonds is 9. The summed E-state index contributed by atoms with van der Waals surface area (Å²) >= 11 is 0. The molecular weight excluding hydrogens is 357 g/mol. The molecule has 2 amide bonds. The van der Waals surface area contributed by atoms with Crippen LogP contribution in [0.25, 0.3) is 0 Å². The lowest BCUT2D eigenvalue weighted by molar-refractivity contribution is -0.121. The Morgan fingerprint density at radius 2 is 1.50 bits per heavy atom. The Hall–Kier alpha value is -1.53. The average molecular weight is 383 g/mol. The van der Waals surface area contributed by atoms with Crippen molar-refractivity contribution in [2.45, 2.75) is 46.4 Å². The molecule has 7 nitrogen and oxygen atoms in total. The van der Waals surface area contributed by atoms with Gasteiger partial charge >= 0.3 is 7.60 Å². The highest BCUT2D eigenvalue weighted by atomic mass is 31.2. The maximum Gasteiger partial charge on any atom is 0.335 e. The van der Waals surface area contributed by atoms with E-state index < -0.39 is 25.1 Å². The Bertz CT molecular complexity index is 689. The molecule has 2 rings (SSSR count). The van der Waals surface area contributed by atoms with Gasteiger partial charge in [-0.1, -0.05) is 12.1 Å². The zero-order valence-electron chi connectivity index (χ0n) is 15.9. The van der Waals surface area contributed by atoms with Crippen LogP contribution in [-0.4, -0.2) is 47.9 Å². The SMILES string of the molecule is CCOP(=O)(CC(C)(OC(C)C)N1C(=O)c2ccccc2C1=O)OCC. The van der Waals surface area contributed by atoms with Crippen molar-refractivity contribution in [1.82, 2.24) is 4.90 Å². The molecular formula is C18H26NO6P. The van der Waals surface area contributed by atoms with Gasteiger partial charge in [0.2, 0.25) is 0 Å². The van der Waals surface area contributed by atoms with Crippen LogP contribution in [0.5, 0.6) is 0 Å². The average Bonchev–Trinajstić information content (AvgIpc) is 2.79. The van der Waals surface area contributed by atoms with E-state index in [2.05, 4.69) is 0 Å². The summed E-state index contributed by atoms with van der Waals surface area (Å²) < 4.78 is 29.7. The number of hydrogen-bond acceptors (Lipinski definition) is 6. The van der Waals surface area contributed by atoms with Gasteiger partial charge in [-0.05, 0) is 46.8 Å². The number of imide groups is 1. The number of nitrogens with zero attached hydrogens (tertiary/aromatic N) is 1. The first-order valence-corrected chi connectivity index (χ1v) is 10.4. The molecule has 1 atom stereocenters. The van der Waals surface area contributed by atoms with Gasteiger partial charge in [-0.2, -0.15) is 0 Å². The van der Waals surface area contributed by atoms with E-state index >= 15 is 0 Å². The largest absolute Gasteiger partial charge is 0.352 e. The number of hydrogen-bond donors (Lipinski definition) is 0. The fraction of sp³-hybridized carbons (Fsp3) is 0.556. The van der Waals surface area contributed by atoms with Gasteiger partial charge in [0.05, 0.1) is 36.6 Å². The number of ether oxygens (including phenoxy) is 1. The van der Waals surface area contributed by atoms with Gasteiger partial charge < -0.3 is 13.8 Å². The lowest BCUT2D eigenvalue weighted by atomic mass is 10.1. The Morgan fingerprint density at radius 3 is 1.88 bits per heavy atom. The van der Waals surface area contributed by atoms with Crippen molar-refractivity contribution in [3.63, 3.8) is 0 Å². The van der Waals surface area contributed by atoms with Crippen molar-refractivity contribution in [2.24, 2.45) is 0 Å². The lowest BCUT2D eigenvalue weighted by Crippen LogP contribution is -2.55. The summed E-state index contributed by atoms with van der Waals surface area (Å²) in [6.45, 7) is 8.89. The minimum Gasteiger partial charge on any atom is -0.352 e. The third-order valence-electron chi connectivity index (χ3n) is 3.90. The summed E-state index contributed by atoms with van der Waals surface area (Å²) in [7, 11) is -3.57. The quantitative estimate of drug-likeness (QED) is 0.478. The molecule has 0 N–H and O–H groups in total. The van der Waals surface area contributed by atoms with Crippen LogP contribution in [-0.2, 0) is 18.3 Å². The van der Waals surface area contributed by atoms with Gasteiger partial charge in [-0.3, -0.25) is 14.2 Å². The molecule has 26 heavy (non-hydrogen) atoms. The first-order chi connectivity index (χ1) is 12.2. The van der Waals surface area contributed by atoms with E-state index in [1.165, 1.54) is 0 Å². The van der Waals surface area contributed by atoms with E-state index in [-0.39, 0.29) is 25.5 Å². The molecule has 1 aliphatic heterocycles. The van der Waals surface area contributed by atoms with E-state index in [9.17, 15) is 14.2 Å². The second-order valence-electron chi connectivity index (χ2n) is 6.44. The Morgan fingerprint density at radius 1 is 1.04 bits per heavy atom. The minimum absolute atomic E-state index is 0.178. The fourth-order valence-corrected chi connectivity index (χ4v) is 5.15. The highest BCUT2D eigenvalue weighted by Gasteiger charge is 2.51. The molecule has 0 aromatic heterocycles. The first kappa shape index (κ1) is 20.8. The topological polar surface area (TPSA) is 82.1 Å². The highest BCUT2D eigenvalue weighted by Crippen LogP contribution is 2.52. The van der Waals surface area contributed by atoms with Crippen molar-refractivity contribution in [1.29, 1.82) is 0 Å². The van der Waals surface area contributed by atoms with Crippen LogP contribution >= 0.6 is 7.60 Å². The van der Waals surface area contributed by atoms with Crippen molar-refractivity contribution in [3.05, 3.63) is 35.4 Å². The smallest absolute Gasteiger partial charge is 0.335 e. The minimum atomic E-state index is -3.57. The molecule has 0 bridgehead atoms. The molecule has 0 spiro atoms. The number of amides is 2. The van der Waals surface area contributed by atoms with Gasteiger partial charge in [-0.25, -0.2) is 4.90 Å². The second kappa shape index (κ2) is 8.01. The monoisotopic (exact) mass is 383 g/mol. The first-order valence-electron chi connectivity index (χ1n) is 8.71. The molecule has 8 heteroatoms. The van der Waals surface area contributed by atoms with Crippen molar-refractivity contribution >= 4 is 19.4 Å². The predicted molar refractivity (Wildman–Crippen MR) is 97.3 cm³/mol. The molecule has 144 valence electrons. The van der Waals surface area contributed by atoms with E-state index in [0.717, 1.165) is 4.90 Å². The molecule has 1 aromatic carbocycles. The third kappa shape index (κ3) is 4.07. The molecule has 0 aliphatic carbocycles. The van der Waals surface area contributed by atoms with Crippen LogP contribution in [0.4, 0.5) is 0 Å². The molecule has 0 saturated carbocycles. The van der Waals surface area contributed by atoms with E-state index in [0.29, 0.717) is 11.1 Å². The molecule has 1 aromatic rings. The Labute approximate surface area is 154 Å². The molecule has 0 saturated heterocycles. The predicted octanol–water partition coefficient (Wildman–Crippen LogP) is 3.69. The standard InChI is InChI=1S/C18H26NO6P/c1-6-23-26(22,24-7-2)12-18(5,25-13(3)4)19-16(20)14-10-8-9-11-15(14)17(19)21/h8-11,13H,6-7,12H2,1-5H3. The van der Waals surface area contributed by atoms with Crippen LogP contribution in [0, 0.1) is 0 Å². The Kier molecular flexibility index (Phi) is 6.40. The zero-order valence-corrected chi connectivity index (χ0v) is 16.7. The summed E-state index contributed by atoms with van der Waals surface area (Å²) in [5, 5.41) is 0. The summed E-state index contributed by atoms with van der Waals surface area (Å²) in [6, 6.07) is 6.57. The van der Waals surface area contributed by atoms with E-state index in [4.69, 9.17) is 13.8 Å². The van der Waals surface area contributed by atoms with Crippen molar-refractivity contribution < 1.29 is 27.9 Å². The maximum atomic E-state index is 13.1. The van der Waals surface area contributed by atoms with Gasteiger partial charge in [0, 0.05) is 0 Å². The number of benzene rings is 1. The lowest BCUT2D eigenvalue weighted by Gasteiger charge is -2.39. The fourth-order valence-electron chi connectivity index (χ4n) is 3.17. The summed E-state index contributed by atoms with van der Waals surface area (Å²) in [6.07, 6.45) is -0.563. The van der Waals surface area contributed by atoms with Gasteiger partial charge in [0.25, 0.3) is 11.8 Å². The normalized spacial score (nSPS) is 16.9. The summed E-state index contributed by atoms with van der Waals surface area (Å²) in [5.41, 5.74) is -0.862. The van der Waals surface area contributed by atoms with Crippen molar-refractivity contribution in [2.75, 3.05) is 19.4 Å². The maximum absolute atomic E-state index is 13.1. The Balaban J connectivity index is 2.46. The van der Waals surface area contributed by atoms with Gasteiger partial charge in [0.15, 0.2) is 5.72 Å². The molecule has 1 heterocycles. The van der Waals surface area contributed by atoms with E-state index in [1.54, 1.807) is 58.9 Å². The van der Waals surface area contributed by atoms with Crippen LogP contribution in [0.3, 0.4) is 0 Å². The molecule has 1 unspecified atom stereocenters.